The van der Waals surface area contributed by atoms with E-state index in [1.807, 2.05) is 42.6 Å². The van der Waals surface area contributed by atoms with Crippen LogP contribution in [0.5, 0.6) is 0 Å². The van der Waals surface area contributed by atoms with Crippen LogP contribution in [0, 0.1) is 0 Å². The van der Waals surface area contributed by atoms with E-state index >= 15 is 0 Å². The van der Waals surface area contributed by atoms with Crippen molar-refractivity contribution in [3.05, 3.63) is 65.9 Å². The maximum absolute atomic E-state index is 12.4. The number of fused-ring (bicyclic) bond motifs is 1. The molecule has 0 unspecified atom stereocenters. The fourth-order valence-corrected chi connectivity index (χ4v) is 3.70. The lowest BCUT2D eigenvalue weighted by Crippen LogP contribution is -3.08. The highest BCUT2D eigenvalue weighted by Crippen LogP contribution is 2.18. The van der Waals surface area contributed by atoms with Gasteiger partial charge in [-0.05, 0) is 23.8 Å². The van der Waals surface area contributed by atoms with Gasteiger partial charge in [0.25, 0.3) is 0 Å². The van der Waals surface area contributed by atoms with Crippen LogP contribution in [0.25, 0.3) is 10.9 Å². The Balaban J connectivity index is 1.37. The Morgan fingerprint density at radius 2 is 1.80 bits per heavy atom. The van der Waals surface area contributed by atoms with E-state index in [1.165, 1.54) is 31.5 Å². The first-order valence-corrected chi connectivity index (χ1v) is 9.05. The van der Waals surface area contributed by atoms with Crippen LogP contribution in [0.3, 0.4) is 0 Å². The molecule has 1 aromatic heterocycles. The summed E-state index contributed by atoms with van der Waals surface area (Å²) in [5.41, 5.74) is 4.30. The molecule has 1 aliphatic heterocycles. The molecule has 0 atom stereocenters. The summed E-state index contributed by atoms with van der Waals surface area (Å²) in [6.07, 6.45) is 4.99. The van der Waals surface area contributed by atoms with Gasteiger partial charge in [0.05, 0.1) is 19.5 Å². The molecular weight excluding hydrogens is 310 g/mol. The van der Waals surface area contributed by atoms with Crippen molar-refractivity contribution in [2.75, 3.05) is 18.4 Å². The Morgan fingerprint density at radius 1 is 1.04 bits per heavy atom. The number of hydrogen-bond acceptors (Lipinski definition) is 1. The number of rotatable bonds is 5. The molecule has 0 radical (unpaired) electrons. The second-order valence-corrected chi connectivity index (χ2v) is 6.92. The number of hydrogen-bond donors (Lipinski definition) is 3. The third-order valence-corrected chi connectivity index (χ3v) is 5.03. The highest BCUT2D eigenvalue weighted by Gasteiger charge is 2.15. The third kappa shape index (κ3) is 3.74. The average molecular weight is 334 g/mol. The quantitative estimate of drug-likeness (QED) is 0.660. The van der Waals surface area contributed by atoms with Crippen LogP contribution >= 0.6 is 0 Å². The van der Waals surface area contributed by atoms with E-state index in [0.717, 1.165) is 28.7 Å². The van der Waals surface area contributed by atoms with Crippen LogP contribution in [-0.2, 0) is 17.8 Å². The van der Waals surface area contributed by atoms with Crippen molar-refractivity contribution in [3.8, 4) is 0 Å². The summed E-state index contributed by atoms with van der Waals surface area (Å²) < 4.78 is 0. The Bertz CT molecular complexity index is 860. The molecule has 1 amide bonds. The zero-order valence-corrected chi connectivity index (χ0v) is 14.3. The Hall–Kier alpha value is -2.59. The van der Waals surface area contributed by atoms with Gasteiger partial charge in [-0.25, -0.2) is 0 Å². The molecule has 128 valence electrons. The number of aromatic nitrogens is 1. The maximum atomic E-state index is 12.4. The first kappa shape index (κ1) is 15.9. The summed E-state index contributed by atoms with van der Waals surface area (Å²) in [7, 11) is 0. The average Bonchev–Trinajstić information content (AvgIpc) is 3.27. The summed E-state index contributed by atoms with van der Waals surface area (Å²) >= 11 is 0. The zero-order chi connectivity index (χ0) is 17.1. The van der Waals surface area contributed by atoms with Crippen molar-refractivity contribution >= 4 is 22.5 Å². The normalized spacial score (nSPS) is 14.9. The van der Waals surface area contributed by atoms with Crippen LogP contribution in [0.1, 0.15) is 24.0 Å². The number of nitrogens with one attached hydrogen (secondary N) is 3. The van der Waals surface area contributed by atoms with Crippen molar-refractivity contribution < 1.29 is 9.69 Å². The van der Waals surface area contributed by atoms with Crippen molar-refractivity contribution in [1.82, 2.24) is 4.98 Å². The SMILES string of the molecule is O=C(Cc1c[nH]c2ccccc12)Nc1ccc(C[NH+]2CCCC2)cc1. The van der Waals surface area contributed by atoms with E-state index in [1.54, 1.807) is 4.90 Å². The van der Waals surface area contributed by atoms with Crippen molar-refractivity contribution in [1.29, 1.82) is 0 Å². The van der Waals surface area contributed by atoms with Gasteiger partial charge >= 0.3 is 0 Å². The summed E-state index contributed by atoms with van der Waals surface area (Å²) in [5, 5.41) is 4.12. The molecule has 2 heterocycles. The number of benzene rings is 2. The monoisotopic (exact) mass is 334 g/mol. The standard InChI is InChI=1S/C21H23N3O/c25-21(13-17-14-22-20-6-2-1-5-19(17)20)23-18-9-7-16(8-10-18)15-24-11-3-4-12-24/h1-2,5-10,14,22H,3-4,11-13,15H2,(H,23,25)/p+1. The minimum Gasteiger partial charge on any atom is -0.361 e. The molecule has 0 spiro atoms. The van der Waals surface area contributed by atoms with Crippen LogP contribution in [0.2, 0.25) is 0 Å². The summed E-state index contributed by atoms with van der Waals surface area (Å²) in [4.78, 5) is 17.2. The number of anilines is 1. The molecule has 0 bridgehead atoms. The molecule has 4 heteroatoms. The molecule has 2 aromatic carbocycles. The fourth-order valence-electron chi connectivity index (χ4n) is 3.70. The van der Waals surface area contributed by atoms with Crippen molar-refractivity contribution in [2.45, 2.75) is 25.8 Å². The van der Waals surface area contributed by atoms with E-state index in [4.69, 9.17) is 0 Å². The number of H-pyrrole nitrogens is 1. The second-order valence-electron chi connectivity index (χ2n) is 6.92. The molecule has 1 aliphatic rings. The number of aromatic amines is 1. The largest absolute Gasteiger partial charge is 0.361 e. The lowest BCUT2D eigenvalue weighted by molar-refractivity contribution is -0.901. The third-order valence-electron chi connectivity index (χ3n) is 5.03. The van der Waals surface area contributed by atoms with E-state index in [9.17, 15) is 4.79 Å². The molecule has 1 fully saturated rings. The molecule has 0 aliphatic carbocycles. The zero-order valence-electron chi connectivity index (χ0n) is 14.3. The predicted molar refractivity (Wildman–Crippen MR) is 101 cm³/mol. The Kier molecular flexibility index (Phi) is 4.53. The van der Waals surface area contributed by atoms with E-state index in [0.29, 0.717) is 6.42 Å². The van der Waals surface area contributed by atoms with E-state index in [-0.39, 0.29) is 5.91 Å². The van der Waals surface area contributed by atoms with Crippen molar-refractivity contribution in [3.63, 3.8) is 0 Å². The van der Waals surface area contributed by atoms with Gasteiger partial charge in [-0.1, -0.05) is 30.3 Å². The number of carbonyl (C=O) groups excluding carboxylic acids is 1. The molecule has 25 heavy (non-hydrogen) atoms. The molecular formula is C21H24N3O+. The molecule has 3 N–H and O–H groups in total. The number of likely N-dealkylation sites (tertiary alicyclic amines) is 1. The lowest BCUT2D eigenvalue weighted by atomic mass is 10.1. The Morgan fingerprint density at radius 3 is 2.60 bits per heavy atom. The van der Waals surface area contributed by atoms with Gasteiger partial charge in [0.2, 0.25) is 5.91 Å². The molecule has 1 saturated heterocycles. The smallest absolute Gasteiger partial charge is 0.228 e. The van der Waals surface area contributed by atoms with Gasteiger partial charge in [0, 0.05) is 41.2 Å². The van der Waals surface area contributed by atoms with E-state index < -0.39 is 0 Å². The van der Waals surface area contributed by atoms with Gasteiger partial charge < -0.3 is 15.2 Å². The number of quaternary nitrogens is 1. The van der Waals surface area contributed by atoms with Crippen LogP contribution < -0.4 is 10.2 Å². The molecule has 0 saturated carbocycles. The molecule has 3 aromatic rings. The Labute approximate surface area is 147 Å². The first-order chi connectivity index (χ1) is 12.3. The summed E-state index contributed by atoms with van der Waals surface area (Å²) in [6.45, 7) is 3.65. The number of carbonyl (C=O) groups is 1. The number of para-hydroxylation sites is 1. The van der Waals surface area contributed by atoms with Crippen LogP contribution in [-0.4, -0.2) is 24.0 Å². The van der Waals surface area contributed by atoms with Crippen LogP contribution in [0.4, 0.5) is 5.69 Å². The van der Waals surface area contributed by atoms with Gasteiger partial charge in [0.15, 0.2) is 0 Å². The second kappa shape index (κ2) is 7.11. The maximum Gasteiger partial charge on any atom is 0.228 e. The highest BCUT2D eigenvalue weighted by molar-refractivity contribution is 5.95. The molecule has 4 nitrogen and oxygen atoms in total. The topological polar surface area (TPSA) is 49.3 Å². The number of amides is 1. The van der Waals surface area contributed by atoms with Crippen LogP contribution in [0.15, 0.2) is 54.7 Å². The van der Waals surface area contributed by atoms with Gasteiger partial charge in [0.1, 0.15) is 6.54 Å². The lowest BCUT2D eigenvalue weighted by Gasteiger charge is -2.12. The van der Waals surface area contributed by atoms with Gasteiger partial charge in [-0.3, -0.25) is 4.79 Å². The molecule has 4 rings (SSSR count). The van der Waals surface area contributed by atoms with Crippen molar-refractivity contribution in [2.24, 2.45) is 0 Å². The van der Waals surface area contributed by atoms with E-state index in [2.05, 4.69) is 22.4 Å². The van der Waals surface area contributed by atoms with Gasteiger partial charge in [-0.2, -0.15) is 0 Å². The van der Waals surface area contributed by atoms with Gasteiger partial charge in [-0.15, -0.1) is 0 Å². The predicted octanol–water partition coefficient (Wildman–Crippen LogP) is 2.53. The first-order valence-electron chi connectivity index (χ1n) is 9.05. The highest BCUT2D eigenvalue weighted by atomic mass is 16.1. The fraction of sp³-hybridized carbons (Fsp3) is 0.286. The summed E-state index contributed by atoms with van der Waals surface area (Å²) in [6, 6.07) is 16.4. The minimum atomic E-state index is 0.0164. The summed E-state index contributed by atoms with van der Waals surface area (Å²) in [5.74, 6) is 0.0164. The minimum absolute atomic E-state index is 0.0164.